The van der Waals surface area contributed by atoms with Crippen LogP contribution in [0.5, 0.6) is 0 Å². The molecule has 1 aliphatic heterocycles. The third-order valence-corrected chi connectivity index (χ3v) is 5.05. The van der Waals surface area contributed by atoms with Crippen LogP contribution in [-0.2, 0) is 4.79 Å². The monoisotopic (exact) mass is 359 g/mol. The molecule has 2 rings (SSSR count). The Morgan fingerprint density at radius 2 is 1.78 bits per heavy atom. The maximum absolute atomic E-state index is 12.5. The first-order chi connectivity index (χ1) is 10.3. The fraction of sp³-hybridized carbons (Fsp3) is 0.625. The van der Waals surface area contributed by atoms with E-state index in [0.29, 0.717) is 32.6 Å². The largest absolute Gasteiger partial charge is 0.338 e. The lowest BCUT2D eigenvalue weighted by Gasteiger charge is -2.38. The molecule has 2 heterocycles. The predicted octanol–water partition coefficient (Wildman–Crippen LogP) is 2.28. The smallest absolute Gasteiger partial charge is 0.264 e. The molecule has 0 aromatic carbocycles. The molecule has 130 valence electrons. The molecule has 0 bridgehead atoms. The number of hydrogen-bond donors (Lipinski definition) is 1. The zero-order valence-corrected chi connectivity index (χ0v) is 15.6. The zero-order chi connectivity index (χ0) is 16.3. The van der Waals surface area contributed by atoms with E-state index in [9.17, 15) is 9.59 Å². The number of carbonyl (C=O) groups excluding carboxylic acids is 2. The van der Waals surface area contributed by atoms with Gasteiger partial charge in [0.2, 0.25) is 5.91 Å². The predicted molar refractivity (Wildman–Crippen MR) is 96.3 cm³/mol. The number of rotatable bonds is 4. The first-order valence-electron chi connectivity index (χ1n) is 7.79. The topological polar surface area (TPSA) is 66.6 Å². The molecule has 5 nitrogen and oxygen atoms in total. The lowest BCUT2D eigenvalue weighted by molar-refractivity contribution is -0.138. The van der Waals surface area contributed by atoms with Crippen LogP contribution in [0, 0.1) is 6.92 Å². The average molecular weight is 360 g/mol. The van der Waals surface area contributed by atoms with Gasteiger partial charge >= 0.3 is 0 Å². The summed E-state index contributed by atoms with van der Waals surface area (Å²) in [6.45, 7) is 8.08. The Labute approximate surface area is 148 Å². The Morgan fingerprint density at radius 3 is 2.26 bits per heavy atom. The highest BCUT2D eigenvalue weighted by molar-refractivity contribution is 7.13. The van der Waals surface area contributed by atoms with E-state index in [1.54, 1.807) is 11.8 Å². The van der Waals surface area contributed by atoms with Gasteiger partial charge in [0.05, 0.1) is 10.4 Å². The second kappa shape index (κ2) is 8.13. The summed E-state index contributed by atoms with van der Waals surface area (Å²) in [5.41, 5.74) is 5.32. The van der Waals surface area contributed by atoms with Crippen LogP contribution in [0.4, 0.5) is 0 Å². The highest BCUT2D eigenvalue weighted by Crippen LogP contribution is 2.19. The summed E-state index contributed by atoms with van der Waals surface area (Å²) >= 11 is 1.52. The Kier molecular flexibility index (Phi) is 7.04. The number of nitrogens with zero attached hydrogens (tertiary/aromatic N) is 2. The minimum absolute atomic E-state index is 0. The first kappa shape index (κ1) is 19.9. The number of thiophene rings is 1. The number of halogens is 1. The molecule has 1 fully saturated rings. The SMILES string of the molecule is CCCC(C)(N)C(=O)N1CCN(C(=O)c2ccc(C)s2)CC1.Cl. The highest BCUT2D eigenvalue weighted by Gasteiger charge is 2.34. The van der Waals surface area contributed by atoms with Crippen LogP contribution >= 0.6 is 23.7 Å². The van der Waals surface area contributed by atoms with Crippen molar-refractivity contribution >= 4 is 35.6 Å². The second-order valence-electron chi connectivity index (χ2n) is 6.16. The Morgan fingerprint density at radius 1 is 1.22 bits per heavy atom. The molecule has 0 saturated carbocycles. The van der Waals surface area contributed by atoms with Gasteiger partial charge in [-0.1, -0.05) is 13.3 Å². The maximum Gasteiger partial charge on any atom is 0.264 e. The third kappa shape index (κ3) is 4.68. The Balaban J connectivity index is 0.00000264. The van der Waals surface area contributed by atoms with E-state index < -0.39 is 5.54 Å². The Bertz CT molecular complexity index is 551. The van der Waals surface area contributed by atoms with Gasteiger partial charge in [-0.25, -0.2) is 0 Å². The van der Waals surface area contributed by atoms with Crippen molar-refractivity contribution in [1.29, 1.82) is 0 Å². The van der Waals surface area contributed by atoms with Crippen LogP contribution in [0.2, 0.25) is 0 Å². The number of carbonyl (C=O) groups is 2. The molecule has 1 unspecified atom stereocenters. The van der Waals surface area contributed by atoms with Crippen molar-refractivity contribution in [3.8, 4) is 0 Å². The van der Waals surface area contributed by atoms with E-state index in [4.69, 9.17) is 5.73 Å². The van der Waals surface area contributed by atoms with Crippen LogP contribution in [0.15, 0.2) is 12.1 Å². The van der Waals surface area contributed by atoms with Crippen LogP contribution in [-0.4, -0.2) is 53.3 Å². The van der Waals surface area contributed by atoms with Crippen molar-refractivity contribution in [1.82, 2.24) is 9.80 Å². The van der Waals surface area contributed by atoms with Crippen LogP contribution < -0.4 is 5.73 Å². The first-order valence-corrected chi connectivity index (χ1v) is 8.61. The van der Waals surface area contributed by atoms with Gasteiger partial charge in [0.1, 0.15) is 0 Å². The minimum atomic E-state index is -0.800. The van der Waals surface area contributed by atoms with E-state index in [0.717, 1.165) is 16.2 Å². The van der Waals surface area contributed by atoms with Crippen molar-refractivity contribution in [3.05, 3.63) is 21.9 Å². The standard InChI is InChI=1S/C16H25N3O2S.ClH/c1-4-7-16(3,17)15(21)19-10-8-18(9-11-19)14(20)13-6-5-12(2)22-13;/h5-6H,4,7-11,17H2,1-3H3;1H. The zero-order valence-electron chi connectivity index (χ0n) is 14.0. The molecule has 7 heteroatoms. The van der Waals surface area contributed by atoms with E-state index in [1.807, 2.05) is 30.9 Å². The Hall–Kier alpha value is -1.11. The number of nitrogens with two attached hydrogens (primary N) is 1. The summed E-state index contributed by atoms with van der Waals surface area (Å²) in [7, 11) is 0. The molecular weight excluding hydrogens is 334 g/mol. The number of piperazine rings is 1. The second-order valence-corrected chi connectivity index (χ2v) is 7.45. The van der Waals surface area contributed by atoms with Crippen LogP contribution in [0.3, 0.4) is 0 Å². The summed E-state index contributed by atoms with van der Waals surface area (Å²) in [5, 5.41) is 0. The van der Waals surface area contributed by atoms with E-state index >= 15 is 0 Å². The molecule has 0 aliphatic carbocycles. The molecule has 1 aromatic rings. The van der Waals surface area contributed by atoms with E-state index in [2.05, 4.69) is 0 Å². The molecular formula is C16H26ClN3O2S. The quantitative estimate of drug-likeness (QED) is 0.896. The molecule has 0 radical (unpaired) electrons. The van der Waals surface area contributed by atoms with Crippen molar-refractivity contribution < 1.29 is 9.59 Å². The van der Waals surface area contributed by atoms with Gasteiger partial charge in [0.15, 0.2) is 0 Å². The molecule has 0 spiro atoms. The van der Waals surface area contributed by atoms with Crippen LogP contribution in [0.1, 0.15) is 41.2 Å². The number of aryl methyl sites for hydroxylation is 1. The molecule has 2 amide bonds. The lowest BCUT2D eigenvalue weighted by Crippen LogP contribution is -2.58. The summed E-state index contributed by atoms with van der Waals surface area (Å²) in [5.74, 6) is 0.0580. The van der Waals surface area contributed by atoms with Crippen molar-refractivity contribution in [2.75, 3.05) is 26.2 Å². The van der Waals surface area contributed by atoms with Gasteiger partial charge in [0, 0.05) is 31.1 Å². The fourth-order valence-corrected chi connectivity index (χ4v) is 3.64. The van der Waals surface area contributed by atoms with Gasteiger partial charge in [-0.05, 0) is 32.4 Å². The summed E-state index contributed by atoms with van der Waals surface area (Å²) in [6.07, 6.45) is 1.56. The van der Waals surface area contributed by atoms with E-state index in [-0.39, 0.29) is 24.2 Å². The van der Waals surface area contributed by atoms with Gasteiger partial charge in [0.25, 0.3) is 5.91 Å². The summed E-state index contributed by atoms with van der Waals surface area (Å²) in [4.78, 5) is 30.4. The normalized spacial score (nSPS) is 17.4. The number of amides is 2. The third-order valence-electron chi connectivity index (χ3n) is 4.06. The summed E-state index contributed by atoms with van der Waals surface area (Å²) in [6, 6.07) is 3.83. The maximum atomic E-state index is 12.5. The number of hydrogen-bond acceptors (Lipinski definition) is 4. The van der Waals surface area contributed by atoms with Gasteiger partial charge in [-0.15, -0.1) is 23.7 Å². The van der Waals surface area contributed by atoms with Crippen molar-refractivity contribution in [3.63, 3.8) is 0 Å². The molecule has 2 N–H and O–H groups in total. The minimum Gasteiger partial charge on any atom is -0.338 e. The van der Waals surface area contributed by atoms with Gasteiger partial charge < -0.3 is 15.5 Å². The lowest BCUT2D eigenvalue weighted by atomic mass is 9.95. The fourth-order valence-electron chi connectivity index (χ4n) is 2.81. The molecule has 1 saturated heterocycles. The van der Waals surface area contributed by atoms with Crippen molar-refractivity contribution in [2.24, 2.45) is 5.73 Å². The molecule has 23 heavy (non-hydrogen) atoms. The highest BCUT2D eigenvalue weighted by atomic mass is 35.5. The average Bonchev–Trinajstić information content (AvgIpc) is 2.92. The molecule has 1 aromatic heterocycles. The van der Waals surface area contributed by atoms with Gasteiger partial charge in [-0.2, -0.15) is 0 Å². The van der Waals surface area contributed by atoms with Crippen molar-refractivity contribution in [2.45, 2.75) is 39.2 Å². The van der Waals surface area contributed by atoms with Crippen LogP contribution in [0.25, 0.3) is 0 Å². The summed E-state index contributed by atoms with van der Waals surface area (Å²) < 4.78 is 0. The molecule has 1 aliphatic rings. The molecule has 1 atom stereocenters. The van der Waals surface area contributed by atoms with Gasteiger partial charge in [-0.3, -0.25) is 9.59 Å². The van der Waals surface area contributed by atoms with E-state index in [1.165, 1.54) is 11.3 Å².